The third kappa shape index (κ3) is 3.17. The lowest BCUT2D eigenvalue weighted by atomic mass is 10.1. The second-order valence-electron chi connectivity index (χ2n) is 3.35. The summed E-state index contributed by atoms with van der Waals surface area (Å²) in [5.41, 5.74) is 1.56. The van der Waals surface area contributed by atoms with E-state index in [2.05, 4.69) is 0 Å². The Morgan fingerprint density at radius 2 is 1.94 bits per heavy atom. The number of carbonyl (C=O) groups is 1. The van der Waals surface area contributed by atoms with Crippen LogP contribution in [0.2, 0.25) is 0 Å². The molecule has 1 aromatic carbocycles. The maximum atomic E-state index is 12.7. The number of allylic oxidation sites excluding steroid dienone is 1. The Hall–Kier alpha value is -1.68. The smallest absolute Gasteiger partial charge is 0.270 e. The van der Waals surface area contributed by atoms with Crippen LogP contribution in [-0.2, 0) is 9.63 Å². The van der Waals surface area contributed by atoms with E-state index in [1.165, 1.54) is 32.4 Å². The van der Waals surface area contributed by atoms with Gasteiger partial charge in [-0.3, -0.25) is 9.63 Å². The first kappa shape index (κ1) is 12.4. The molecule has 1 amide bonds. The van der Waals surface area contributed by atoms with Crippen LogP contribution in [0.4, 0.5) is 4.39 Å². The van der Waals surface area contributed by atoms with E-state index in [-0.39, 0.29) is 11.7 Å². The van der Waals surface area contributed by atoms with Crippen molar-refractivity contribution in [2.24, 2.45) is 0 Å². The predicted octanol–water partition coefficient (Wildman–Crippen LogP) is 2.25. The summed E-state index contributed by atoms with van der Waals surface area (Å²) in [5.74, 6) is -0.554. The molecular weight excluding hydrogens is 209 g/mol. The van der Waals surface area contributed by atoms with Crippen molar-refractivity contribution in [1.82, 2.24) is 5.06 Å². The predicted molar refractivity (Wildman–Crippen MR) is 59.8 cm³/mol. The van der Waals surface area contributed by atoms with Crippen molar-refractivity contribution >= 4 is 11.5 Å². The van der Waals surface area contributed by atoms with Crippen LogP contribution in [0.25, 0.3) is 5.57 Å². The van der Waals surface area contributed by atoms with Gasteiger partial charge in [-0.2, -0.15) is 0 Å². The van der Waals surface area contributed by atoms with Crippen molar-refractivity contribution in [3.63, 3.8) is 0 Å². The molecule has 0 bridgehead atoms. The van der Waals surface area contributed by atoms with Crippen LogP contribution in [0, 0.1) is 5.82 Å². The van der Waals surface area contributed by atoms with E-state index in [0.717, 1.165) is 16.2 Å². The highest BCUT2D eigenvalue weighted by atomic mass is 19.1. The lowest BCUT2D eigenvalue weighted by molar-refractivity contribution is -0.162. The highest BCUT2D eigenvalue weighted by molar-refractivity contribution is 5.94. The molecule has 3 nitrogen and oxygen atoms in total. The molecule has 0 aliphatic carbocycles. The molecule has 0 fully saturated rings. The van der Waals surface area contributed by atoms with Crippen LogP contribution in [0.5, 0.6) is 0 Å². The summed E-state index contributed by atoms with van der Waals surface area (Å²) in [4.78, 5) is 16.2. The lowest BCUT2D eigenvalue weighted by Crippen LogP contribution is -2.23. The lowest BCUT2D eigenvalue weighted by Gasteiger charge is -2.11. The van der Waals surface area contributed by atoms with E-state index in [1.807, 2.05) is 0 Å². The first-order valence-corrected chi connectivity index (χ1v) is 4.80. The molecular formula is C12H14FNO2. The number of halogens is 1. The maximum Gasteiger partial charge on any atom is 0.270 e. The quantitative estimate of drug-likeness (QED) is 0.581. The van der Waals surface area contributed by atoms with Crippen LogP contribution in [0.3, 0.4) is 0 Å². The minimum Gasteiger partial charge on any atom is -0.274 e. The van der Waals surface area contributed by atoms with E-state index >= 15 is 0 Å². The number of rotatable bonds is 3. The van der Waals surface area contributed by atoms with Gasteiger partial charge in [0, 0.05) is 13.1 Å². The number of hydrogen-bond acceptors (Lipinski definition) is 2. The number of carbonyl (C=O) groups excluding carboxylic acids is 1. The van der Waals surface area contributed by atoms with Gasteiger partial charge >= 0.3 is 0 Å². The van der Waals surface area contributed by atoms with Crippen LogP contribution in [0.1, 0.15) is 12.5 Å². The molecule has 0 radical (unpaired) electrons. The van der Waals surface area contributed by atoms with E-state index < -0.39 is 0 Å². The molecule has 0 spiro atoms. The number of benzene rings is 1. The first-order chi connectivity index (χ1) is 7.54. The molecule has 0 saturated heterocycles. The minimum atomic E-state index is -0.295. The summed E-state index contributed by atoms with van der Waals surface area (Å²) in [6, 6.07) is 5.97. The SMILES string of the molecule is CON(C)C(=O)/C=C(\C)c1ccc(F)cc1. The van der Waals surface area contributed by atoms with E-state index in [0.29, 0.717) is 0 Å². The van der Waals surface area contributed by atoms with Gasteiger partial charge in [0.25, 0.3) is 5.91 Å². The van der Waals surface area contributed by atoms with Gasteiger partial charge in [-0.15, -0.1) is 0 Å². The average molecular weight is 223 g/mol. The monoisotopic (exact) mass is 223 g/mol. The molecule has 1 aromatic rings. The van der Waals surface area contributed by atoms with Gasteiger partial charge in [0.2, 0.25) is 0 Å². The van der Waals surface area contributed by atoms with Crippen molar-refractivity contribution in [3.8, 4) is 0 Å². The molecule has 0 saturated carbocycles. The molecule has 0 N–H and O–H groups in total. The standard InChI is InChI=1S/C12H14FNO2/c1-9(8-12(15)14(2)16-3)10-4-6-11(13)7-5-10/h4-8H,1-3H3/b9-8+. The van der Waals surface area contributed by atoms with E-state index in [1.54, 1.807) is 19.1 Å². The van der Waals surface area contributed by atoms with Gasteiger partial charge in [0.1, 0.15) is 5.82 Å². The van der Waals surface area contributed by atoms with Gasteiger partial charge in [0.15, 0.2) is 0 Å². The molecule has 0 aromatic heterocycles. The fraction of sp³-hybridized carbons (Fsp3) is 0.250. The van der Waals surface area contributed by atoms with Crippen molar-refractivity contribution < 1.29 is 14.0 Å². The van der Waals surface area contributed by atoms with Gasteiger partial charge in [-0.05, 0) is 30.2 Å². The number of hydroxylamine groups is 2. The second kappa shape index (κ2) is 5.42. The summed E-state index contributed by atoms with van der Waals surface area (Å²) >= 11 is 0. The summed E-state index contributed by atoms with van der Waals surface area (Å²) in [5, 5.41) is 1.12. The Balaban J connectivity index is 2.85. The summed E-state index contributed by atoms with van der Waals surface area (Å²) in [6.45, 7) is 1.79. The fourth-order valence-electron chi connectivity index (χ4n) is 1.16. The van der Waals surface area contributed by atoms with Crippen molar-refractivity contribution in [3.05, 3.63) is 41.7 Å². The van der Waals surface area contributed by atoms with Crippen molar-refractivity contribution in [2.75, 3.05) is 14.2 Å². The summed E-state index contributed by atoms with van der Waals surface area (Å²) in [6.07, 6.45) is 1.44. The summed E-state index contributed by atoms with van der Waals surface area (Å²) in [7, 11) is 2.94. The minimum absolute atomic E-state index is 0.260. The molecule has 0 unspecified atom stereocenters. The second-order valence-corrected chi connectivity index (χ2v) is 3.35. The van der Waals surface area contributed by atoms with Crippen molar-refractivity contribution in [2.45, 2.75) is 6.92 Å². The Labute approximate surface area is 94.1 Å². The van der Waals surface area contributed by atoms with Crippen LogP contribution in [-0.4, -0.2) is 25.1 Å². The molecule has 86 valence electrons. The molecule has 0 aliphatic rings. The van der Waals surface area contributed by atoms with Gasteiger partial charge in [0.05, 0.1) is 7.11 Å². The zero-order valence-corrected chi connectivity index (χ0v) is 9.53. The zero-order valence-electron chi connectivity index (χ0n) is 9.53. The fourth-order valence-corrected chi connectivity index (χ4v) is 1.16. The normalized spacial score (nSPS) is 11.4. The average Bonchev–Trinajstić information content (AvgIpc) is 2.28. The third-order valence-corrected chi connectivity index (χ3v) is 2.22. The Bertz CT molecular complexity index is 398. The molecule has 0 heterocycles. The van der Waals surface area contributed by atoms with Crippen LogP contribution in [0.15, 0.2) is 30.3 Å². The van der Waals surface area contributed by atoms with Gasteiger partial charge < -0.3 is 0 Å². The Morgan fingerprint density at radius 3 is 2.44 bits per heavy atom. The third-order valence-electron chi connectivity index (χ3n) is 2.22. The number of likely N-dealkylation sites (N-methyl/N-ethyl adjacent to an activating group) is 1. The Morgan fingerprint density at radius 1 is 1.38 bits per heavy atom. The Kier molecular flexibility index (Phi) is 4.19. The highest BCUT2D eigenvalue weighted by Gasteiger charge is 2.05. The molecule has 4 heteroatoms. The highest BCUT2D eigenvalue weighted by Crippen LogP contribution is 2.14. The zero-order chi connectivity index (χ0) is 12.1. The molecule has 0 atom stereocenters. The maximum absolute atomic E-state index is 12.7. The van der Waals surface area contributed by atoms with Gasteiger partial charge in [-0.25, -0.2) is 9.45 Å². The molecule has 16 heavy (non-hydrogen) atoms. The van der Waals surface area contributed by atoms with E-state index in [9.17, 15) is 9.18 Å². The first-order valence-electron chi connectivity index (χ1n) is 4.80. The summed E-state index contributed by atoms with van der Waals surface area (Å²) < 4.78 is 12.7. The van der Waals surface area contributed by atoms with Crippen LogP contribution < -0.4 is 0 Å². The van der Waals surface area contributed by atoms with Gasteiger partial charge in [-0.1, -0.05) is 12.1 Å². The number of hydrogen-bond donors (Lipinski definition) is 0. The topological polar surface area (TPSA) is 29.5 Å². The number of nitrogens with zero attached hydrogens (tertiary/aromatic N) is 1. The molecule has 0 aliphatic heterocycles. The van der Waals surface area contributed by atoms with Crippen molar-refractivity contribution in [1.29, 1.82) is 0 Å². The van der Waals surface area contributed by atoms with Crippen LogP contribution >= 0.6 is 0 Å². The van der Waals surface area contributed by atoms with E-state index in [4.69, 9.17) is 4.84 Å². The number of amides is 1. The molecule has 1 rings (SSSR count). The largest absolute Gasteiger partial charge is 0.274 e.